The molecule has 2 aliphatic carbocycles. The van der Waals surface area contributed by atoms with Crippen LogP contribution in [0.4, 0.5) is 5.00 Å². The third-order valence-corrected chi connectivity index (χ3v) is 10.0. The van der Waals surface area contributed by atoms with Crippen molar-refractivity contribution in [1.82, 2.24) is 15.0 Å². The maximum Gasteiger partial charge on any atom is 0.341 e. The molecule has 198 valence electrons. The average molecular weight is 543 g/mol. The summed E-state index contributed by atoms with van der Waals surface area (Å²) in [6.45, 7) is 10.7. The SMILES string of the molecule is CCOC(=O)c1c(NC(=O)Cn2nnc3sc4c(c3c2=O)CC[C@@H](C(C)(C)C)C4)sc2c1CC[C@@H](C)C2. The van der Waals surface area contributed by atoms with Gasteiger partial charge in [0.05, 0.1) is 17.6 Å². The van der Waals surface area contributed by atoms with Gasteiger partial charge in [0.1, 0.15) is 11.5 Å². The highest BCUT2D eigenvalue weighted by Crippen LogP contribution is 2.42. The Kier molecular flexibility index (Phi) is 7.00. The Morgan fingerprint density at radius 1 is 1.11 bits per heavy atom. The molecular formula is C27H34N4O4S2. The molecule has 1 amide bonds. The highest BCUT2D eigenvalue weighted by molar-refractivity contribution is 7.18. The molecule has 37 heavy (non-hydrogen) atoms. The quantitative estimate of drug-likeness (QED) is 0.455. The molecule has 0 unspecified atom stereocenters. The summed E-state index contributed by atoms with van der Waals surface area (Å²) in [5.74, 6) is 0.259. The molecule has 0 saturated carbocycles. The molecule has 8 nitrogen and oxygen atoms in total. The van der Waals surface area contributed by atoms with Crippen LogP contribution in [-0.4, -0.2) is 33.5 Å². The number of ether oxygens (including phenoxy) is 1. The Hall–Kier alpha value is -2.59. The number of hydrogen-bond acceptors (Lipinski definition) is 8. The minimum absolute atomic E-state index is 0.208. The lowest BCUT2D eigenvalue weighted by molar-refractivity contribution is -0.117. The van der Waals surface area contributed by atoms with Gasteiger partial charge in [-0.15, -0.1) is 27.8 Å². The summed E-state index contributed by atoms with van der Waals surface area (Å²) in [6, 6.07) is 0. The number of thiophene rings is 2. The van der Waals surface area contributed by atoms with Crippen molar-refractivity contribution in [2.45, 2.75) is 79.7 Å². The smallest absolute Gasteiger partial charge is 0.341 e. The van der Waals surface area contributed by atoms with Crippen LogP contribution in [0.15, 0.2) is 4.79 Å². The normalized spacial score (nSPS) is 19.4. The molecule has 3 heterocycles. The molecule has 0 aliphatic heterocycles. The number of nitrogens with zero attached hydrogens (tertiary/aromatic N) is 3. The largest absolute Gasteiger partial charge is 0.462 e. The van der Waals surface area contributed by atoms with Crippen molar-refractivity contribution in [1.29, 1.82) is 0 Å². The fraction of sp³-hybridized carbons (Fsp3) is 0.593. The van der Waals surface area contributed by atoms with E-state index >= 15 is 0 Å². The van der Waals surface area contributed by atoms with Crippen molar-refractivity contribution in [3.05, 3.63) is 36.8 Å². The summed E-state index contributed by atoms with van der Waals surface area (Å²) < 4.78 is 6.44. The van der Waals surface area contributed by atoms with E-state index in [2.05, 4.69) is 43.3 Å². The van der Waals surface area contributed by atoms with Crippen LogP contribution in [0.2, 0.25) is 0 Å². The third-order valence-electron chi connectivity index (χ3n) is 7.70. The molecule has 0 spiro atoms. The van der Waals surface area contributed by atoms with Gasteiger partial charge in [-0.2, -0.15) is 0 Å². The van der Waals surface area contributed by atoms with Crippen LogP contribution >= 0.6 is 22.7 Å². The maximum absolute atomic E-state index is 13.4. The van der Waals surface area contributed by atoms with E-state index < -0.39 is 11.9 Å². The van der Waals surface area contributed by atoms with Gasteiger partial charge in [-0.3, -0.25) is 9.59 Å². The minimum Gasteiger partial charge on any atom is -0.462 e. The summed E-state index contributed by atoms with van der Waals surface area (Å²) in [5, 5.41) is 12.4. The fourth-order valence-corrected chi connectivity index (χ4v) is 8.18. The van der Waals surface area contributed by atoms with Crippen molar-refractivity contribution in [3.8, 4) is 0 Å². The third kappa shape index (κ3) is 4.97. The van der Waals surface area contributed by atoms with E-state index in [1.54, 1.807) is 18.3 Å². The summed E-state index contributed by atoms with van der Waals surface area (Å²) in [6.07, 6.45) is 5.48. The van der Waals surface area contributed by atoms with Gasteiger partial charge >= 0.3 is 5.97 Å². The number of anilines is 1. The van der Waals surface area contributed by atoms with Crippen molar-refractivity contribution >= 4 is 49.8 Å². The van der Waals surface area contributed by atoms with Gasteiger partial charge in [0.25, 0.3) is 5.56 Å². The lowest BCUT2D eigenvalue weighted by Crippen LogP contribution is -2.31. The molecule has 3 aromatic heterocycles. The van der Waals surface area contributed by atoms with E-state index in [0.29, 0.717) is 32.6 Å². The van der Waals surface area contributed by atoms with Crippen LogP contribution in [0.25, 0.3) is 10.2 Å². The maximum atomic E-state index is 13.4. The number of hydrogen-bond donors (Lipinski definition) is 1. The highest BCUT2D eigenvalue weighted by atomic mass is 32.1. The van der Waals surface area contributed by atoms with Crippen LogP contribution in [0.1, 0.15) is 78.7 Å². The molecule has 0 fully saturated rings. The molecular weight excluding hydrogens is 508 g/mol. The molecule has 0 saturated heterocycles. The number of carbonyl (C=O) groups excluding carboxylic acids is 2. The average Bonchev–Trinajstić information content (AvgIpc) is 3.37. The zero-order chi connectivity index (χ0) is 26.5. The number of nitrogens with one attached hydrogen (secondary N) is 1. The lowest BCUT2D eigenvalue weighted by Gasteiger charge is -2.33. The number of esters is 1. The van der Waals surface area contributed by atoms with Gasteiger partial charge in [0.2, 0.25) is 5.91 Å². The van der Waals surface area contributed by atoms with E-state index in [1.807, 2.05) is 0 Å². The first kappa shape index (κ1) is 26.0. The lowest BCUT2D eigenvalue weighted by atomic mass is 9.72. The van der Waals surface area contributed by atoms with Crippen LogP contribution in [0, 0.1) is 17.3 Å². The van der Waals surface area contributed by atoms with Gasteiger partial charge in [-0.05, 0) is 73.8 Å². The molecule has 10 heteroatoms. The van der Waals surface area contributed by atoms with Crippen molar-refractivity contribution in [2.24, 2.45) is 17.3 Å². The first-order valence-corrected chi connectivity index (χ1v) is 14.7. The Morgan fingerprint density at radius 3 is 2.57 bits per heavy atom. The second-order valence-corrected chi connectivity index (χ2v) is 13.6. The molecule has 1 N–H and O–H groups in total. The monoisotopic (exact) mass is 542 g/mol. The van der Waals surface area contributed by atoms with Crippen LogP contribution in [0.5, 0.6) is 0 Å². The molecule has 0 aromatic carbocycles. The standard InChI is InChI=1S/C27H34N4O4S2/c1-6-35-26(34)22-17-9-7-14(2)11-18(17)36-23(22)28-20(32)13-31-25(33)21-16-10-8-15(27(3,4)5)12-19(16)37-24(21)29-30-31/h14-15H,6-13H2,1-5H3,(H,28,32)/t14-,15-/m1/s1. The molecule has 3 aromatic rings. The Balaban J connectivity index is 1.40. The fourth-order valence-electron chi connectivity index (χ4n) is 5.53. The number of amides is 1. The number of rotatable bonds is 5. The predicted molar refractivity (Wildman–Crippen MR) is 147 cm³/mol. The van der Waals surface area contributed by atoms with Crippen molar-refractivity contribution in [3.63, 3.8) is 0 Å². The van der Waals surface area contributed by atoms with E-state index in [1.165, 1.54) is 16.2 Å². The van der Waals surface area contributed by atoms with Crippen molar-refractivity contribution in [2.75, 3.05) is 11.9 Å². The Bertz CT molecular complexity index is 1430. The zero-order valence-corrected chi connectivity index (χ0v) is 23.7. The first-order chi connectivity index (χ1) is 17.6. The van der Waals surface area contributed by atoms with Crippen LogP contribution < -0.4 is 10.9 Å². The number of aryl methyl sites for hydroxylation is 1. The first-order valence-electron chi connectivity index (χ1n) is 13.1. The molecule has 2 atom stereocenters. The summed E-state index contributed by atoms with van der Waals surface area (Å²) in [7, 11) is 0. The van der Waals surface area contributed by atoms with E-state index in [-0.39, 0.29) is 24.1 Å². The number of fused-ring (bicyclic) bond motifs is 4. The predicted octanol–water partition coefficient (Wildman–Crippen LogP) is 5.01. The zero-order valence-electron chi connectivity index (χ0n) is 22.1. The number of carbonyl (C=O) groups is 2. The van der Waals surface area contributed by atoms with E-state index in [0.717, 1.165) is 59.2 Å². The van der Waals surface area contributed by atoms with Crippen molar-refractivity contribution < 1.29 is 14.3 Å². The second-order valence-electron chi connectivity index (χ2n) is 11.4. The molecule has 0 radical (unpaired) electrons. The second kappa shape index (κ2) is 9.94. The van der Waals surface area contributed by atoms with Gasteiger partial charge < -0.3 is 10.1 Å². The van der Waals surface area contributed by atoms with Crippen LogP contribution in [0.3, 0.4) is 0 Å². The highest BCUT2D eigenvalue weighted by Gasteiger charge is 2.32. The number of aromatic nitrogens is 3. The Morgan fingerprint density at radius 2 is 1.84 bits per heavy atom. The van der Waals surface area contributed by atoms with Gasteiger partial charge in [-0.1, -0.05) is 32.9 Å². The summed E-state index contributed by atoms with van der Waals surface area (Å²) >= 11 is 2.98. The van der Waals surface area contributed by atoms with E-state index in [9.17, 15) is 14.4 Å². The topological polar surface area (TPSA) is 103 Å². The molecule has 0 bridgehead atoms. The summed E-state index contributed by atoms with van der Waals surface area (Å²) in [5.41, 5.74) is 2.43. The Labute approximate surface area is 224 Å². The van der Waals surface area contributed by atoms with Gasteiger partial charge in [0, 0.05) is 9.75 Å². The van der Waals surface area contributed by atoms with E-state index in [4.69, 9.17) is 4.74 Å². The summed E-state index contributed by atoms with van der Waals surface area (Å²) in [4.78, 5) is 42.2. The van der Waals surface area contributed by atoms with Gasteiger partial charge in [-0.25, -0.2) is 9.48 Å². The molecule has 2 aliphatic rings. The van der Waals surface area contributed by atoms with Gasteiger partial charge in [0.15, 0.2) is 4.83 Å². The minimum atomic E-state index is -0.415. The molecule has 5 rings (SSSR count). The van der Waals surface area contributed by atoms with Crippen LogP contribution in [-0.2, 0) is 41.8 Å².